The van der Waals surface area contributed by atoms with Crippen molar-refractivity contribution in [2.24, 2.45) is 0 Å². The number of esters is 1. The van der Waals surface area contributed by atoms with Crippen LogP contribution in [-0.2, 0) is 14.3 Å². The largest absolute Gasteiger partial charge is 0.458 e. The van der Waals surface area contributed by atoms with E-state index in [0.29, 0.717) is 5.75 Å². The maximum Gasteiger partial charge on any atom is 0.305 e. The van der Waals surface area contributed by atoms with E-state index in [4.69, 9.17) is 14.2 Å². The van der Waals surface area contributed by atoms with Gasteiger partial charge in [-0.05, 0) is 53.8 Å². The third kappa shape index (κ3) is 3.42. The molecule has 1 aromatic heterocycles. The number of carbonyl (C=O) groups is 1. The first kappa shape index (κ1) is 13.3. The van der Waals surface area contributed by atoms with Crippen LogP contribution in [0.4, 0.5) is 0 Å². The predicted molar refractivity (Wildman–Crippen MR) is 71.9 cm³/mol. The van der Waals surface area contributed by atoms with Gasteiger partial charge in [0, 0.05) is 12.6 Å². The summed E-state index contributed by atoms with van der Waals surface area (Å²) in [6, 6.07) is 3.69. The lowest BCUT2D eigenvalue weighted by Crippen LogP contribution is -2.22. The zero-order chi connectivity index (χ0) is 13.1. The monoisotopic (exact) mass is 361 g/mol. The Kier molecular flexibility index (Phi) is 4.18. The van der Waals surface area contributed by atoms with Crippen molar-refractivity contribution in [3.05, 3.63) is 33.7 Å². The number of hydrogen-bond acceptors (Lipinski definition) is 5. The van der Waals surface area contributed by atoms with Gasteiger partial charge in [0.25, 0.3) is 0 Å². The molecule has 5 nitrogen and oxygen atoms in total. The molecule has 1 aromatic rings. The number of pyridine rings is 1. The van der Waals surface area contributed by atoms with Crippen LogP contribution in [-0.4, -0.2) is 23.5 Å². The van der Waals surface area contributed by atoms with Crippen LogP contribution in [0.1, 0.15) is 12.6 Å². The summed E-state index contributed by atoms with van der Waals surface area (Å²) in [4.78, 5) is 15.0. The summed E-state index contributed by atoms with van der Waals surface area (Å²) in [5, 5.41) is 0. The van der Waals surface area contributed by atoms with E-state index in [0.717, 1.165) is 9.39 Å². The summed E-state index contributed by atoms with van der Waals surface area (Å²) in [5.41, 5.74) is 0.924. The third-order valence-electron chi connectivity index (χ3n) is 2.17. The van der Waals surface area contributed by atoms with Gasteiger partial charge in [-0.1, -0.05) is 0 Å². The second kappa shape index (κ2) is 5.66. The summed E-state index contributed by atoms with van der Waals surface area (Å²) < 4.78 is 16.6. The fraction of sp³-hybridized carbons (Fsp3) is 0.333. The number of ether oxygens (including phenoxy) is 3. The normalized spacial score (nSPS) is 21.9. The number of rotatable bonds is 3. The zero-order valence-electron chi connectivity index (χ0n) is 9.92. The topological polar surface area (TPSA) is 57.7 Å². The highest BCUT2D eigenvalue weighted by Crippen LogP contribution is 2.23. The average Bonchev–Trinajstić information content (AvgIpc) is 2.69. The third-order valence-corrected chi connectivity index (χ3v) is 2.95. The Hall–Kier alpha value is -1.15. The molecular weight excluding hydrogens is 349 g/mol. The Balaban J connectivity index is 1.96. The maximum absolute atomic E-state index is 10.8. The first-order valence-electron chi connectivity index (χ1n) is 5.35. The van der Waals surface area contributed by atoms with Crippen molar-refractivity contribution in [2.45, 2.75) is 26.4 Å². The average molecular weight is 361 g/mol. The highest BCUT2D eigenvalue weighted by atomic mass is 127. The first-order chi connectivity index (χ1) is 8.54. The van der Waals surface area contributed by atoms with Crippen molar-refractivity contribution in [3.8, 4) is 5.75 Å². The van der Waals surface area contributed by atoms with Gasteiger partial charge in [0.05, 0.1) is 0 Å². The minimum atomic E-state index is -0.677. The van der Waals surface area contributed by atoms with Crippen LogP contribution in [0.15, 0.2) is 24.3 Å². The quantitative estimate of drug-likeness (QED) is 0.358. The van der Waals surface area contributed by atoms with Crippen LogP contribution < -0.4 is 4.74 Å². The van der Waals surface area contributed by atoms with Gasteiger partial charge < -0.3 is 9.47 Å². The smallest absolute Gasteiger partial charge is 0.305 e. The van der Waals surface area contributed by atoms with Crippen LogP contribution in [0.5, 0.6) is 5.75 Å². The lowest BCUT2D eigenvalue weighted by molar-refractivity contribution is -0.182. The Morgan fingerprint density at radius 1 is 1.39 bits per heavy atom. The summed E-state index contributed by atoms with van der Waals surface area (Å²) in [6.45, 7) is 3.24. The molecule has 2 rings (SSSR count). The van der Waals surface area contributed by atoms with E-state index >= 15 is 0 Å². The second-order valence-corrected chi connectivity index (χ2v) is 4.75. The Labute approximate surface area is 118 Å². The molecule has 2 atom stereocenters. The molecule has 0 saturated heterocycles. The fourth-order valence-electron chi connectivity index (χ4n) is 1.43. The van der Waals surface area contributed by atoms with Gasteiger partial charge in [0.15, 0.2) is 5.75 Å². The first-order valence-corrected chi connectivity index (χ1v) is 6.43. The molecule has 0 radical (unpaired) electrons. The van der Waals surface area contributed by atoms with Crippen molar-refractivity contribution in [2.75, 3.05) is 0 Å². The molecular formula is C12H12INO4. The number of aromatic nitrogens is 1. The molecule has 0 N–H and O–H groups in total. The molecule has 0 aromatic carbocycles. The lowest BCUT2D eigenvalue weighted by atomic mass is 10.4. The van der Waals surface area contributed by atoms with Gasteiger partial charge in [-0.25, -0.2) is 4.98 Å². The lowest BCUT2D eigenvalue weighted by Gasteiger charge is -2.16. The Bertz CT molecular complexity index is 489. The fourth-order valence-corrected chi connectivity index (χ4v) is 2.11. The highest BCUT2D eigenvalue weighted by Gasteiger charge is 2.23. The van der Waals surface area contributed by atoms with Crippen LogP contribution in [0.25, 0.3) is 0 Å². The molecule has 1 aliphatic rings. The van der Waals surface area contributed by atoms with E-state index in [1.165, 1.54) is 6.92 Å². The molecule has 2 heterocycles. The van der Waals surface area contributed by atoms with Crippen LogP contribution in [0.3, 0.4) is 0 Å². The van der Waals surface area contributed by atoms with Crippen LogP contribution in [0, 0.1) is 10.6 Å². The van der Waals surface area contributed by atoms with Gasteiger partial charge in [-0.2, -0.15) is 0 Å². The van der Waals surface area contributed by atoms with Crippen molar-refractivity contribution < 1.29 is 19.0 Å². The van der Waals surface area contributed by atoms with E-state index in [2.05, 4.69) is 27.6 Å². The minimum Gasteiger partial charge on any atom is -0.458 e. The van der Waals surface area contributed by atoms with Gasteiger partial charge in [-0.3, -0.25) is 9.53 Å². The number of hydrogen-bond donors (Lipinski definition) is 0. The predicted octanol–water partition coefficient (Wildman–Crippen LogP) is 2.18. The van der Waals surface area contributed by atoms with E-state index in [-0.39, 0.29) is 0 Å². The minimum absolute atomic E-state index is 0.392. The van der Waals surface area contributed by atoms with Gasteiger partial charge in [0.2, 0.25) is 12.6 Å². The van der Waals surface area contributed by atoms with E-state index < -0.39 is 18.5 Å². The molecule has 0 aliphatic carbocycles. The molecule has 6 heteroatoms. The molecule has 0 fully saturated rings. The molecule has 18 heavy (non-hydrogen) atoms. The summed E-state index contributed by atoms with van der Waals surface area (Å²) in [6.07, 6.45) is 2.10. The molecule has 96 valence electrons. The van der Waals surface area contributed by atoms with Crippen molar-refractivity contribution in [3.63, 3.8) is 0 Å². The number of nitrogens with zero attached hydrogens (tertiary/aromatic N) is 1. The number of halogens is 1. The van der Waals surface area contributed by atoms with E-state index in [1.54, 1.807) is 12.2 Å². The van der Waals surface area contributed by atoms with Gasteiger partial charge in [-0.15, -0.1) is 0 Å². The summed E-state index contributed by atoms with van der Waals surface area (Å²) in [7, 11) is 0. The Morgan fingerprint density at radius 3 is 2.78 bits per heavy atom. The molecule has 2 unspecified atom stereocenters. The van der Waals surface area contributed by atoms with E-state index in [1.807, 2.05) is 19.1 Å². The maximum atomic E-state index is 10.8. The summed E-state index contributed by atoms with van der Waals surface area (Å²) in [5.74, 6) is 0.246. The standard InChI is InChI=1S/C12H12INO4/c1-7-3-4-9(12(13)14-7)17-11-6-5-10(18-11)16-8(2)15/h3-6,10-11H,1-2H3. The van der Waals surface area contributed by atoms with Crippen molar-refractivity contribution >= 4 is 28.6 Å². The van der Waals surface area contributed by atoms with Crippen molar-refractivity contribution in [1.29, 1.82) is 0 Å². The van der Waals surface area contributed by atoms with Crippen LogP contribution in [0.2, 0.25) is 0 Å². The van der Waals surface area contributed by atoms with Gasteiger partial charge in [0.1, 0.15) is 3.70 Å². The number of aryl methyl sites for hydroxylation is 1. The van der Waals surface area contributed by atoms with Crippen LogP contribution >= 0.6 is 22.6 Å². The summed E-state index contributed by atoms with van der Waals surface area (Å²) >= 11 is 2.10. The zero-order valence-corrected chi connectivity index (χ0v) is 12.1. The molecule has 0 amide bonds. The van der Waals surface area contributed by atoms with E-state index in [9.17, 15) is 4.79 Å². The Morgan fingerprint density at radius 2 is 2.11 bits per heavy atom. The second-order valence-electron chi connectivity index (χ2n) is 3.73. The molecule has 1 aliphatic heterocycles. The SMILES string of the molecule is CC(=O)OC1C=CC(Oc2ccc(C)nc2I)O1. The highest BCUT2D eigenvalue weighted by molar-refractivity contribution is 14.1. The molecule has 0 saturated carbocycles. The molecule has 0 spiro atoms. The molecule has 0 bridgehead atoms. The van der Waals surface area contributed by atoms with Gasteiger partial charge >= 0.3 is 5.97 Å². The van der Waals surface area contributed by atoms with Crippen molar-refractivity contribution in [1.82, 2.24) is 4.98 Å². The number of carbonyl (C=O) groups excluding carboxylic acids is 1.